The third-order valence-corrected chi connectivity index (χ3v) is 4.94. The van der Waals surface area contributed by atoms with Crippen LogP contribution in [0.5, 0.6) is 0 Å². The molecule has 126 valence electrons. The summed E-state index contributed by atoms with van der Waals surface area (Å²) in [5, 5.41) is 4.21. The van der Waals surface area contributed by atoms with Crippen LogP contribution in [0.15, 0.2) is 72.6 Å². The zero-order valence-corrected chi connectivity index (χ0v) is 14.5. The number of benzene rings is 1. The van der Waals surface area contributed by atoms with Crippen LogP contribution < -0.4 is 5.32 Å². The van der Waals surface area contributed by atoms with Gasteiger partial charge in [-0.05, 0) is 41.8 Å². The van der Waals surface area contributed by atoms with Crippen molar-refractivity contribution in [3.63, 3.8) is 0 Å². The molecule has 2 aromatic heterocycles. The highest BCUT2D eigenvalue weighted by Gasteiger charge is 2.22. The van der Waals surface area contributed by atoms with E-state index in [9.17, 15) is 0 Å². The minimum atomic E-state index is 0.583. The number of fused-ring (bicyclic) bond motifs is 2. The molecule has 0 bridgehead atoms. The topological polar surface area (TPSA) is 50.7 Å². The van der Waals surface area contributed by atoms with Crippen molar-refractivity contribution in [3.8, 4) is 11.4 Å². The first-order chi connectivity index (χ1) is 12.8. The van der Waals surface area contributed by atoms with E-state index < -0.39 is 0 Å². The molecule has 2 aliphatic carbocycles. The predicted octanol–water partition coefficient (Wildman–Crippen LogP) is 4.63. The number of allylic oxidation sites excluding steroid dienone is 6. The lowest BCUT2D eigenvalue weighted by Crippen LogP contribution is -1.99. The lowest BCUT2D eigenvalue weighted by atomic mass is 10.0. The maximum Gasteiger partial charge on any atom is 0.163 e. The van der Waals surface area contributed by atoms with E-state index in [2.05, 4.69) is 57.8 Å². The Labute approximate surface area is 152 Å². The average Bonchev–Trinajstić information content (AvgIpc) is 3.47. The van der Waals surface area contributed by atoms with Crippen LogP contribution >= 0.6 is 0 Å². The average molecular weight is 338 g/mol. The van der Waals surface area contributed by atoms with Crippen LogP contribution in [0.3, 0.4) is 0 Å². The Bertz CT molecular complexity index is 1090. The van der Waals surface area contributed by atoms with Gasteiger partial charge in [0.05, 0.1) is 5.52 Å². The highest BCUT2D eigenvalue weighted by Crippen LogP contribution is 2.38. The SMILES string of the molecule is CNc1nc(-c2cccnc2)nc2cc(C3=CCC4=CC4C=C3)ccc12. The summed E-state index contributed by atoms with van der Waals surface area (Å²) >= 11 is 0. The van der Waals surface area contributed by atoms with Gasteiger partial charge in [0.2, 0.25) is 0 Å². The third kappa shape index (κ3) is 2.60. The molecule has 0 aliphatic heterocycles. The second-order valence-electron chi connectivity index (χ2n) is 6.61. The van der Waals surface area contributed by atoms with E-state index in [0.717, 1.165) is 28.7 Å². The molecule has 0 spiro atoms. The van der Waals surface area contributed by atoms with Gasteiger partial charge in [0.1, 0.15) is 5.82 Å². The molecule has 5 rings (SSSR count). The van der Waals surface area contributed by atoms with Crippen LogP contribution in [0.4, 0.5) is 5.82 Å². The molecule has 0 fully saturated rings. The Morgan fingerprint density at radius 1 is 1.12 bits per heavy atom. The maximum atomic E-state index is 4.80. The lowest BCUT2D eigenvalue weighted by molar-refractivity contribution is 1.12. The summed E-state index contributed by atoms with van der Waals surface area (Å²) in [6, 6.07) is 10.3. The van der Waals surface area contributed by atoms with Gasteiger partial charge in [0.25, 0.3) is 0 Å². The van der Waals surface area contributed by atoms with Crippen LogP contribution in [0.2, 0.25) is 0 Å². The fraction of sp³-hybridized carbons (Fsp3) is 0.136. The summed E-state index contributed by atoms with van der Waals surface area (Å²) in [6.45, 7) is 0. The van der Waals surface area contributed by atoms with Gasteiger partial charge in [-0.25, -0.2) is 9.97 Å². The molecule has 4 nitrogen and oxygen atoms in total. The Morgan fingerprint density at radius 2 is 2.08 bits per heavy atom. The summed E-state index contributed by atoms with van der Waals surface area (Å²) in [5.74, 6) is 2.10. The van der Waals surface area contributed by atoms with Crippen LogP contribution in [-0.4, -0.2) is 22.0 Å². The lowest BCUT2D eigenvalue weighted by Gasteiger charge is -2.10. The van der Waals surface area contributed by atoms with Crippen molar-refractivity contribution in [1.82, 2.24) is 15.0 Å². The quantitative estimate of drug-likeness (QED) is 0.707. The van der Waals surface area contributed by atoms with Crippen molar-refractivity contribution in [2.45, 2.75) is 6.42 Å². The van der Waals surface area contributed by atoms with Crippen molar-refractivity contribution in [2.24, 2.45) is 5.92 Å². The van der Waals surface area contributed by atoms with E-state index in [0.29, 0.717) is 11.7 Å². The summed E-state index contributed by atoms with van der Waals surface area (Å²) in [5.41, 5.74) is 5.82. The standard InChI is InChI=1S/C22H18N4/c1-23-22-19-9-8-17(14-4-6-15-11-16(15)7-5-14)12-20(19)25-21(26-22)18-3-2-10-24-13-18/h2-6,8-13,15H,7H2,1H3,(H,23,25,26). The second kappa shape index (κ2) is 5.92. The number of hydrogen-bond acceptors (Lipinski definition) is 4. The van der Waals surface area contributed by atoms with Gasteiger partial charge in [-0.2, -0.15) is 0 Å². The van der Waals surface area contributed by atoms with Crippen molar-refractivity contribution in [3.05, 3.63) is 78.2 Å². The van der Waals surface area contributed by atoms with Crippen LogP contribution in [0, 0.1) is 5.92 Å². The normalized spacial score (nSPS) is 18.0. The van der Waals surface area contributed by atoms with Gasteiger partial charge in [0, 0.05) is 36.3 Å². The Kier molecular flexibility index (Phi) is 3.42. The number of rotatable bonds is 3. The molecule has 1 aromatic carbocycles. The minimum Gasteiger partial charge on any atom is -0.373 e. The zero-order chi connectivity index (χ0) is 17.5. The van der Waals surface area contributed by atoms with Crippen molar-refractivity contribution >= 4 is 22.3 Å². The van der Waals surface area contributed by atoms with Gasteiger partial charge < -0.3 is 5.32 Å². The van der Waals surface area contributed by atoms with Gasteiger partial charge in [-0.15, -0.1) is 0 Å². The summed E-state index contributed by atoms with van der Waals surface area (Å²) < 4.78 is 0. The summed E-state index contributed by atoms with van der Waals surface area (Å²) in [4.78, 5) is 13.7. The van der Waals surface area contributed by atoms with Gasteiger partial charge >= 0.3 is 0 Å². The molecule has 4 heteroatoms. The molecule has 26 heavy (non-hydrogen) atoms. The van der Waals surface area contributed by atoms with Crippen LogP contribution in [0.1, 0.15) is 12.0 Å². The van der Waals surface area contributed by atoms with Gasteiger partial charge in [0.15, 0.2) is 5.82 Å². The fourth-order valence-corrected chi connectivity index (χ4v) is 3.41. The molecule has 2 heterocycles. The van der Waals surface area contributed by atoms with Gasteiger partial charge in [-0.3, -0.25) is 4.98 Å². The molecule has 1 atom stereocenters. The van der Waals surface area contributed by atoms with Crippen molar-refractivity contribution in [1.29, 1.82) is 0 Å². The molecule has 1 N–H and O–H groups in total. The van der Waals surface area contributed by atoms with Crippen molar-refractivity contribution < 1.29 is 0 Å². The number of aromatic nitrogens is 3. The molecular weight excluding hydrogens is 320 g/mol. The molecule has 2 aliphatic rings. The second-order valence-corrected chi connectivity index (χ2v) is 6.61. The molecule has 0 saturated heterocycles. The van der Waals surface area contributed by atoms with Crippen LogP contribution in [0.25, 0.3) is 27.9 Å². The van der Waals surface area contributed by atoms with E-state index >= 15 is 0 Å². The Balaban J connectivity index is 1.64. The molecule has 0 amide bonds. The minimum absolute atomic E-state index is 0.583. The largest absolute Gasteiger partial charge is 0.373 e. The Morgan fingerprint density at radius 3 is 2.92 bits per heavy atom. The smallest absolute Gasteiger partial charge is 0.163 e. The number of hydrogen-bond donors (Lipinski definition) is 1. The third-order valence-electron chi connectivity index (χ3n) is 4.94. The zero-order valence-electron chi connectivity index (χ0n) is 14.5. The highest BCUT2D eigenvalue weighted by molar-refractivity contribution is 5.93. The summed E-state index contributed by atoms with van der Waals surface area (Å²) in [6.07, 6.45) is 13.7. The fourth-order valence-electron chi connectivity index (χ4n) is 3.41. The molecule has 0 radical (unpaired) electrons. The first kappa shape index (κ1) is 15.0. The first-order valence-electron chi connectivity index (χ1n) is 8.81. The van der Waals surface area contributed by atoms with E-state index in [1.54, 1.807) is 12.4 Å². The number of pyridine rings is 1. The number of anilines is 1. The van der Waals surface area contributed by atoms with E-state index in [1.807, 2.05) is 19.2 Å². The van der Waals surface area contributed by atoms with E-state index in [4.69, 9.17) is 4.98 Å². The van der Waals surface area contributed by atoms with Gasteiger partial charge in [-0.1, -0.05) is 35.9 Å². The summed E-state index contributed by atoms with van der Waals surface area (Å²) in [7, 11) is 1.89. The predicted molar refractivity (Wildman–Crippen MR) is 106 cm³/mol. The molecule has 3 aromatic rings. The molecular formula is C22H18N4. The van der Waals surface area contributed by atoms with E-state index in [-0.39, 0.29) is 0 Å². The molecule has 0 saturated carbocycles. The number of nitrogens with one attached hydrogen (secondary N) is 1. The Hall–Kier alpha value is -3.27. The monoisotopic (exact) mass is 338 g/mol. The maximum absolute atomic E-state index is 4.80. The first-order valence-corrected chi connectivity index (χ1v) is 8.81. The number of nitrogens with zero attached hydrogens (tertiary/aromatic N) is 3. The highest BCUT2D eigenvalue weighted by atomic mass is 15.0. The van der Waals surface area contributed by atoms with Crippen LogP contribution in [-0.2, 0) is 0 Å². The van der Waals surface area contributed by atoms with Crippen molar-refractivity contribution in [2.75, 3.05) is 12.4 Å². The van der Waals surface area contributed by atoms with E-state index in [1.165, 1.54) is 16.7 Å². The molecule has 1 unspecified atom stereocenters.